The summed E-state index contributed by atoms with van der Waals surface area (Å²) in [6.07, 6.45) is -5.15. The molecular formula is C20H22F6N2O2. The lowest BCUT2D eigenvalue weighted by Gasteiger charge is -2.41. The van der Waals surface area contributed by atoms with Gasteiger partial charge in [-0.25, -0.2) is 0 Å². The fourth-order valence-corrected chi connectivity index (χ4v) is 3.99. The van der Waals surface area contributed by atoms with Crippen molar-refractivity contribution in [1.29, 1.82) is 0 Å². The van der Waals surface area contributed by atoms with Gasteiger partial charge in [-0.3, -0.25) is 9.59 Å². The Morgan fingerprint density at radius 3 is 1.93 bits per heavy atom. The van der Waals surface area contributed by atoms with Crippen LogP contribution in [0.25, 0.3) is 0 Å². The minimum Gasteiger partial charge on any atom is -0.342 e. The lowest BCUT2D eigenvalue weighted by molar-refractivity contribution is -0.144. The number of hydrogen-bond acceptors (Lipinski definition) is 2. The highest BCUT2D eigenvalue weighted by Gasteiger charge is 2.38. The van der Waals surface area contributed by atoms with Gasteiger partial charge in [0, 0.05) is 37.0 Å². The van der Waals surface area contributed by atoms with E-state index in [1.807, 2.05) is 0 Å². The molecule has 0 aromatic heterocycles. The molecule has 0 spiro atoms. The fourth-order valence-electron chi connectivity index (χ4n) is 3.99. The first kappa shape index (κ1) is 22.4. The van der Waals surface area contributed by atoms with Gasteiger partial charge in [0.15, 0.2) is 0 Å². The Morgan fingerprint density at radius 2 is 1.43 bits per heavy atom. The van der Waals surface area contributed by atoms with Crippen LogP contribution in [0, 0.1) is 11.8 Å². The van der Waals surface area contributed by atoms with Gasteiger partial charge >= 0.3 is 12.4 Å². The van der Waals surface area contributed by atoms with E-state index in [0.717, 1.165) is 32.1 Å². The SMILES string of the molecule is O=C(CC1CN(C(=O)C2CCCCC2)C1)Nc1cc(C(F)(F)F)cc(C(F)(F)F)c1. The van der Waals surface area contributed by atoms with E-state index in [2.05, 4.69) is 5.32 Å². The molecule has 10 heteroatoms. The number of carbonyl (C=O) groups excluding carboxylic acids is 2. The molecule has 0 radical (unpaired) electrons. The average Bonchev–Trinajstić information content (AvgIpc) is 2.63. The summed E-state index contributed by atoms with van der Waals surface area (Å²) in [6, 6.07) is 0.968. The van der Waals surface area contributed by atoms with Crippen LogP contribution in [0.15, 0.2) is 18.2 Å². The van der Waals surface area contributed by atoms with Crippen LogP contribution in [0.3, 0.4) is 0 Å². The molecule has 166 valence electrons. The van der Waals surface area contributed by atoms with E-state index in [0.29, 0.717) is 25.2 Å². The minimum atomic E-state index is -4.98. The summed E-state index contributed by atoms with van der Waals surface area (Å²) in [4.78, 5) is 26.2. The maximum atomic E-state index is 12.9. The van der Waals surface area contributed by atoms with Crippen LogP contribution in [-0.4, -0.2) is 29.8 Å². The third-order valence-corrected chi connectivity index (χ3v) is 5.57. The second kappa shape index (κ2) is 8.47. The molecule has 2 aliphatic rings. The summed E-state index contributed by atoms with van der Waals surface area (Å²) in [6.45, 7) is 0.748. The Morgan fingerprint density at radius 1 is 0.900 bits per heavy atom. The second-order valence-electron chi connectivity index (χ2n) is 7.99. The first-order valence-corrected chi connectivity index (χ1v) is 9.81. The number of rotatable bonds is 4. The van der Waals surface area contributed by atoms with Gasteiger partial charge in [-0.1, -0.05) is 19.3 Å². The first-order chi connectivity index (χ1) is 13.9. The molecule has 0 bridgehead atoms. The Balaban J connectivity index is 1.57. The molecule has 3 rings (SSSR count). The van der Waals surface area contributed by atoms with Gasteiger partial charge in [0.25, 0.3) is 0 Å². The Bertz CT molecular complexity index is 761. The number of hydrogen-bond donors (Lipinski definition) is 1. The van der Waals surface area contributed by atoms with Crippen molar-refractivity contribution >= 4 is 17.5 Å². The average molecular weight is 436 g/mol. The molecule has 1 aliphatic heterocycles. The maximum absolute atomic E-state index is 12.9. The number of alkyl halides is 6. The van der Waals surface area contributed by atoms with Crippen molar-refractivity contribution < 1.29 is 35.9 Å². The van der Waals surface area contributed by atoms with E-state index >= 15 is 0 Å². The highest BCUT2D eigenvalue weighted by molar-refractivity contribution is 5.91. The summed E-state index contributed by atoms with van der Waals surface area (Å²) >= 11 is 0. The number of nitrogens with zero attached hydrogens (tertiary/aromatic N) is 1. The van der Waals surface area contributed by atoms with Crippen molar-refractivity contribution in [2.75, 3.05) is 18.4 Å². The van der Waals surface area contributed by atoms with Crippen LogP contribution in [-0.2, 0) is 21.9 Å². The number of nitrogens with one attached hydrogen (secondary N) is 1. The summed E-state index contributed by atoms with van der Waals surface area (Å²) in [5.74, 6) is -0.763. The molecule has 0 atom stereocenters. The molecule has 1 N–H and O–H groups in total. The van der Waals surface area contributed by atoms with Crippen LogP contribution in [0.4, 0.5) is 32.0 Å². The Kier molecular flexibility index (Phi) is 6.33. The smallest absolute Gasteiger partial charge is 0.342 e. The third kappa shape index (κ3) is 5.46. The molecule has 1 saturated carbocycles. The highest BCUT2D eigenvalue weighted by Crippen LogP contribution is 2.37. The molecule has 1 aliphatic carbocycles. The standard InChI is InChI=1S/C20H22F6N2O2/c21-19(22,23)14-7-15(20(24,25)26)9-16(8-14)27-17(29)6-12-10-28(11-12)18(30)13-4-2-1-3-5-13/h7-9,12-13H,1-6,10-11H2,(H,27,29). The monoisotopic (exact) mass is 436 g/mol. The molecular weight excluding hydrogens is 414 g/mol. The highest BCUT2D eigenvalue weighted by atomic mass is 19.4. The molecule has 1 aromatic rings. The molecule has 2 fully saturated rings. The van der Waals surface area contributed by atoms with E-state index in [1.54, 1.807) is 4.90 Å². The van der Waals surface area contributed by atoms with E-state index < -0.39 is 35.1 Å². The predicted octanol–water partition coefficient (Wildman–Crippen LogP) is 5.09. The first-order valence-electron chi connectivity index (χ1n) is 9.81. The molecule has 0 unspecified atom stereocenters. The van der Waals surface area contributed by atoms with Gasteiger partial charge in [-0.15, -0.1) is 0 Å². The zero-order valence-corrected chi connectivity index (χ0v) is 16.1. The number of carbonyl (C=O) groups is 2. The molecule has 30 heavy (non-hydrogen) atoms. The van der Waals surface area contributed by atoms with E-state index in [1.165, 1.54) is 0 Å². The van der Waals surface area contributed by atoms with Crippen LogP contribution in [0.5, 0.6) is 0 Å². The lowest BCUT2D eigenvalue weighted by atomic mass is 9.86. The van der Waals surface area contributed by atoms with Crippen molar-refractivity contribution in [1.82, 2.24) is 4.90 Å². The van der Waals surface area contributed by atoms with E-state index in [9.17, 15) is 35.9 Å². The van der Waals surface area contributed by atoms with Crippen molar-refractivity contribution in [3.63, 3.8) is 0 Å². The number of amides is 2. The topological polar surface area (TPSA) is 49.4 Å². The van der Waals surface area contributed by atoms with E-state index in [-0.39, 0.29) is 30.2 Å². The van der Waals surface area contributed by atoms with Crippen molar-refractivity contribution in [2.45, 2.75) is 50.9 Å². The normalized spacial score (nSPS) is 18.8. The van der Waals surface area contributed by atoms with Crippen LogP contribution >= 0.6 is 0 Å². The Hall–Kier alpha value is -2.26. The third-order valence-electron chi connectivity index (χ3n) is 5.57. The minimum absolute atomic E-state index is 0.0103. The molecule has 2 amide bonds. The molecule has 1 aromatic carbocycles. The quantitative estimate of drug-likeness (QED) is 0.669. The number of anilines is 1. The number of halogens is 6. The summed E-state index contributed by atoms with van der Waals surface area (Å²) in [5.41, 5.74) is -3.53. The fraction of sp³-hybridized carbons (Fsp3) is 0.600. The van der Waals surface area contributed by atoms with Crippen molar-refractivity contribution in [3.05, 3.63) is 29.3 Å². The van der Waals surface area contributed by atoms with Crippen LogP contribution < -0.4 is 5.32 Å². The zero-order valence-electron chi connectivity index (χ0n) is 16.1. The maximum Gasteiger partial charge on any atom is 0.416 e. The van der Waals surface area contributed by atoms with Crippen LogP contribution in [0.2, 0.25) is 0 Å². The largest absolute Gasteiger partial charge is 0.416 e. The molecule has 4 nitrogen and oxygen atoms in total. The molecule has 1 heterocycles. The summed E-state index contributed by atoms with van der Waals surface area (Å²) < 4.78 is 77.4. The number of likely N-dealkylation sites (tertiary alicyclic amines) is 1. The molecule has 1 saturated heterocycles. The zero-order chi connectivity index (χ0) is 22.1. The van der Waals surface area contributed by atoms with Gasteiger partial charge < -0.3 is 10.2 Å². The lowest BCUT2D eigenvalue weighted by Crippen LogP contribution is -2.53. The van der Waals surface area contributed by atoms with Gasteiger partial charge in [0.1, 0.15) is 0 Å². The van der Waals surface area contributed by atoms with E-state index in [4.69, 9.17) is 0 Å². The van der Waals surface area contributed by atoms with Gasteiger partial charge in [-0.05, 0) is 31.0 Å². The summed E-state index contributed by atoms with van der Waals surface area (Å²) in [5, 5.41) is 2.13. The van der Waals surface area contributed by atoms with Crippen molar-refractivity contribution in [2.24, 2.45) is 11.8 Å². The summed E-state index contributed by atoms with van der Waals surface area (Å²) in [7, 11) is 0. The van der Waals surface area contributed by atoms with Gasteiger partial charge in [0.2, 0.25) is 11.8 Å². The van der Waals surface area contributed by atoms with Gasteiger partial charge in [-0.2, -0.15) is 26.3 Å². The van der Waals surface area contributed by atoms with Gasteiger partial charge in [0.05, 0.1) is 11.1 Å². The second-order valence-corrected chi connectivity index (χ2v) is 7.99. The van der Waals surface area contributed by atoms with Crippen LogP contribution in [0.1, 0.15) is 49.7 Å². The number of benzene rings is 1. The Labute approximate surface area is 169 Å². The van der Waals surface area contributed by atoms with Crippen molar-refractivity contribution in [3.8, 4) is 0 Å². The predicted molar refractivity (Wildman–Crippen MR) is 96.3 cm³/mol.